The van der Waals surface area contributed by atoms with Gasteiger partial charge in [-0.25, -0.2) is 0 Å². The van der Waals surface area contributed by atoms with E-state index in [0.717, 1.165) is 0 Å². The lowest BCUT2D eigenvalue weighted by atomic mass is 9.77. The average molecular weight is 154 g/mol. The lowest BCUT2D eigenvalue weighted by Crippen LogP contribution is -2.53. The Labute approximate surface area is 60.3 Å². The highest BCUT2D eigenvalue weighted by molar-refractivity contribution is 5.85. The molecule has 0 spiro atoms. The van der Waals surface area contributed by atoms with Crippen LogP contribution in [0.15, 0.2) is 0 Å². The van der Waals surface area contributed by atoms with Crippen LogP contribution >= 0.6 is 12.4 Å². The highest BCUT2D eigenvalue weighted by Crippen LogP contribution is 2.29. The molecule has 56 valence electrons. The van der Waals surface area contributed by atoms with E-state index in [1.54, 1.807) is 0 Å². The quantitative estimate of drug-likeness (QED) is 0.465. The Morgan fingerprint density at radius 2 is 2.00 bits per heavy atom. The predicted octanol–water partition coefficient (Wildman–Crippen LogP) is -0.747. The first-order valence-electron chi connectivity index (χ1n) is 2.75. The maximum absolute atomic E-state index is 9.06. The number of nitrogens with two attached hydrogens (primary N) is 1. The van der Waals surface area contributed by atoms with Crippen molar-refractivity contribution in [3.8, 4) is 0 Å². The summed E-state index contributed by atoms with van der Waals surface area (Å²) in [6.45, 7) is -0.152. The normalized spacial score (nSPS) is 41.0. The fraction of sp³-hybridized carbons (Fsp3) is 1.00. The van der Waals surface area contributed by atoms with Gasteiger partial charge in [0.25, 0.3) is 0 Å². The van der Waals surface area contributed by atoms with Crippen LogP contribution in [0.2, 0.25) is 0 Å². The Balaban J connectivity index is 0.000000640. The van der Waals surface area contributed by atoms with Gasteiger partial charge in [0, 0.05) is 6.04 Å². The fourth-order valence-corrected chi connectivity index (χ4v) is 1.05. The third-order valence-electron chi connectivity index (χ3n) is 1.58. The predicted molar refractivity (Wildman–Crippen MR) is 36.5 cm³/mol. The summed E-state index contributed by atoms with van der Waals surface area (Å²) < 4.78 is 0. The Morgan fingerprint density at radius 1 is 1.56 bits per heavy atom. The van der Waals surface area contributed by atoms with Crippen LogP contribution in [0.25, 0.3) is 0 Å². The number of rotatable bonds is 1. The van der Waals surface area contributed by atoms with Gasteiger partial charge >= 0.3 is 0 Å². The second kappa shape index (κ2) is 2.84. The fourth-order valence-electron chi connectivity index (χ4n) is 1.05. The Bertz CT molecular complexity index is 93.0. The van der Waals surface area contributed by atoms with Gasteiger partial charge < -0.3 is 15.9 Å². The molecule has 1 aliphatic rings. The standard InChI is InChI=1S/C5H11NO2.ClH/c6-4-1-5(8,2-4)3-7;/h4,7-8H,1-3,6H2;1H/t4-,5+;. The summed E-state index contributed by atoms with van der Waals surface area (Å²) in [5.41, 5.74) is 4.52. The molecule has 0 aromatic heterocycles. The van der Waals surface area contributed by atoms with E-state index in [0.29, 0.717) is 12.8 Å². The number of hydrogen-bond acceptors (Lipinski definition) is 3. The van der Waals surface area contributed by atoms with Crippen LogP contribution in [0.4, 0.5) is 0 Å². The Kier molecular flexibility index (Phi) is 2.89. The second-order valence-electron chi connectivity index (χ2n) is 2.55. The van der Waals surface area contributed by atoms with E-state index in [-0.39, 0.29) is 25.1 Å². The van der Waals surface area contributed by atoms with Crippen LogP contribution in [0.5, 0.6) is 0 Å². The third-order valence-corrected chi connectivity index (χ3v) is 1.58. The van der Waals surface area contributed by atoms with Crippen LogP contribution in [0.1, 0.15) is 12.8 Å². The van der Waals surface area contributed by atoms with Crippen LogP contribution in [-0.4, -0.2) is 28.5 Å². The molecule has 0 aromatic rings. The molecule has 0 aliphatic heterocycles. The highest BCUT2D eigenvalue weighted by atomic mass is 35.5. The zero-order valence-corrected chi connectivity index (χ0v) is 5.90. The molecule has 0 aromatic carbocycles. The van der Waals surface area contributed by atoms with E-state index < -0.39 is 5.60 Å². The average Bonchev–Trinajstić information content (AvgIpc) is 1.63. The monoisotopic (exact) mass is 153 g/mol. The first-order valence-corrected chi connectivity index (χ1v) is 2.75. The minimum Gasteiger partial charge on any atom is -0.393 e. The summed E-state index contributed by atoms with van der Waals surface area (Å²) in [6, 6.07) is 0.104. The zero-order valence-electron chi connectivity index (χ0n) is 5.08. The molecule has 4 N–H and O–H groups in total. The van der Waals surface area contributed by atoms with Crippen molar-refractivity contribution in [2.45, 2.75) is 24.5 Å². The number of aliphatic hydroxyl groups excluding tert-OH is 1. The van der Waals surface area contributed by atoms with Crippen molar-refractivity contribution in [2.24, 2.45) is 5.73 Å². The minimum absolute atomic E-state index is 0. The molecule has 4 heteroatoms. The molecule has 0 radical (unpaired) electrons. The van der Waals surface area contributed by atoms with Crippen LogP contribution in [-0.2, 0) is 0 Å². The lowest BCUT2D eigenvalue weighted by Gasteiger charge is -2.39. The zero-order chi connectivity index (χ0) is 6.20. The van der Waals surface area contributed by atoms with E-state index in [4.69, 9.17) is 15.9 Å². The molecule has 0 unspecified atom stereocenters. The largest absolute Gasteiger partial charge is 0.393 e. The van der Waals surface area contributed by atoms with Gasteiger partial charge in [-0.2, -0.15) is 0 Å². The first-order chi connectivity index (χ1) is 3.66. The summed E-state index contributed by atoms with van der Waals surface area (Å²) in [7, 11) is 0. The van der Waals surface area contributed by atoms with Gasteiger partial charge in [0.15, 0.2) is 0 Å². The van der Waals surface area contributed by atoms with Crippen molar-refractivity contribution < 1.29 is 10.2 Å². The molecule has 0 atom stereocenters. The van der Waals surface area contributed by atoms with Crippen molar-refractivity contribution in [3.63, 3.8) is 0 Å². The minimum atomic E-state index is -0.834. The molecular formula is C5H12ClNO2. The number of halogens is 1. The molecular weight excluding hydrogens is 142 g/mol. The summed E-state index contributed by atoms with van der Waals surface area (Å²) >= 11 is 0. The molecule has 1 fully saturated rings. The van der Waals surface area contributed by atoms with Crippen molar-refractivity contribution in [2.75, 3.05) is 6.61 Å². The van der Waals surface area contributed by atoms with Crippen LogP contribution in [0.3, 0.4) is 0 Å². The molecule has 0 bridgehead atoms. The molecule has 3 nitrogen and oxygen atoms in total. The van der Waals surface area contributed by atoms with E-state index in [1.165, 1.54) is 0 Å². The third kappa shape index (κ3) is 1.79. The van der Waals surface area contributed by atoms with Crippen molar-refractivity contribution in [1.29, 1.82) is 0 Å². The molecule has 9 heavy (non-hydrogen) atoms. The Morgan fingerprint density at radius 3 is 2.11 bits per heavy atom. The topological polar surface area (TPSA) is 66.5 Å². The SMILES string of the molecule is Cl.N[C@H]1C[C@](O)(CO)C1. The smallest absolute Gasteiger partial charge is 0.0906 e. The van der Waals surface area contributed by atoms with Gasteiger partial charge in [0.1, 0.15) is 0 Å². The van der Waals surface area contributed by atoms with E-state index in [1.807, 2.05) is 0 Å². The summed E-state index contributed by atoms with van der Waals surface area (Å²) in [6.07, 6.45) is 1.09. The van der Waals surface area contributed by atoms with Crippen LogP contribution < -0.4 is 5.73 Å². The van der Waals surface area contributed by atoms with E-state index >= 15 is 0 Å². The molecule has 1 rings (SSSR count). The van der Waals surface area contributed by atoms with Crippen LogP contribution in [0, 0.1) is 0 Å². The molecule has 0 amide bonds. The summed E-state index contributed by atoms with van der Waals surface area (Å²) in [5.74, 6) is 0. The number of aliphatic hydroxyl groups is 2. The second-order valence-corrected chi connectivity index (χ2v) is 2.55. The lowest BCUT2D eigenvalue weighted by molar-refractivity contribution is -0.0843. The maximum Gasteiger partial charge on any atom is 0.0906 e. The van der Waals surface area contributed by atoms with Gasteiger partial charge in [-0.15, -0.1) is 12.4 Å². The van der Waals surface area contributed by atoms with Gasteiger partial charge in [-0.05, 0) is 12.8 Å². The number of hydrogen-bond donors (Lipinski definition) is 3. The summed E-state index contributed by atoms with van der Waals surface area (Å²) in [4.78, 5) is 0. The van der Waals surface area contributed by atoms with Crippen molar-refractivity contribution in [1.82, 2.24) is 0 Å². The van der Waals surface area contributed by atoms with Gasteiger partial charge in [-0.3, -0.25) is 0 Å². The van der Waals surface area contributed by atoms with Gasteiger partial charge in [0.05, 0.1) is 12.2 Å². The molecule has 0 saturated heterocycles. The van der Waals surface area contributed by atoms with Gasteiger partial charge in [0.2, 0.25) is 0 Å². The van der Waals surface area contributed by atoms with Crippen molar-refractivity contribution in [3.05, 3.63) is 0 Å². The highest BCUT2D eigenvalue weighted by Gasteiger charge is 2.39. The van der Waals surface area contributed by atoms with E-state index in [2.05, 4.69) is 0 Å². The molecule has 1 saturated carbocycles. The van der Waals surface area contributed by atoms with Gasteiger partial charge in [-0.1, -0.05) is 0 Å². The molecule has 0 heterocycles. The van der Waals surface area contributed by atoms with Crippen molar-refractivity contribution >= 4 is 12.4 Å². The van der Waals surface area contributed by atoms with E-state index in [9.17, 15) is 0 Å². The molecule has 1 aliphatic carbocycles. The summed E-state index contributed by atoms with van der Waals surface area (Å²) in [5, 5.41) is 17.5. The first kappa shape index (κ1) is 9.17. The maximum atomic E-state index is 9.06. The Hall–Kier alpha value is 0.170.